The summed E-state index contributed by atoms with van der Waals surface area (Å²) in [5.41, 5.74) is 1.63. The number of benzene rings is 4. The number of carbonyl (C=O) groups excluding carboxylic acids is 2. The highest BCUT2D eigenvalue weighted by molar-refractivity contribution is 7.92. The number of rotatable bonds is 15. The van der Waals surface area contributed by atoms with E-state index in [2.05, 4.69) is 5.32 Å². The normalized spacial score (nSPS) is 12.4. The van der Waals surface area contributed by atoms with Crippen molar-refractivity contribution in [3.63, 3.8) is 0 Å². The summed E-state index contributed by atoms with van der Waals surface area (Å²) >= 11 is 6.57. The molecule has 9 nitrogen and oxygen atoms in total. The predicted molar refractivity (Wildman–Crippen MR) is 184 cm³/mol. The third-order valence-corrected chi connectivity index (χ3v) is 9.99. The van der Waals surface area contributed by atoms with Crippen molar-refractivity contribution in [2.24, 2.45) is 0 Å². The van der Waals surface area contributed by atoms with Crippen LogP contribution in [0.5, 0.6) is 11.5 Å². The number of anilines is 1. The second-order valence-electron chi connectivity index (χ2n) is 11.0. The molecule has 0 fully saturated rings. The van der Waals surface area contributed by atoms with Crippen molar-refractivity contribution < 1.29 is 27.5 Å². The minimum Gasteiger partial charge on any atom is -0.493 e. The number of ether oxygens (including phenoxy) is 2. The highest BCUT2D eigenvalue weighted by Gasteiger charge is 2.35. The van der Waals surface area contributed by atoms with Crippen LogP contribution in [0.15, 0.2) is 108 Å². The van der Waals surface area contributed by atoms with Crippen molar-refractivity contribution in [3.05, 3.63) is 119 Å². The summed E-state index contributed by atoms with van der Waals surface area (Å²) in [4.78, 5) is 30.0. The standard InChI is InChI=1S/C36H40ClN3O6S/c1-5-26(2)38-36(42)32(22-27-14-8-6-9-15-27)39(24-28-16-12-13-19-31(28)37)35(41)25-40(47(43,44)30-17-10-7-11-18-30)29-20-21-33(45-3)34(23-29)46-4/h6-21,23,26,32H,5,22,24-25H2,1-4H3,(H,38,42)/t26-,32+/m1/s1. The molecule has 2 amide bonds. The predicted octanol–water partition coefficient (Wildman–Crippen LogP) is 6.11. The van der Waals surface area contributed by atoms with Gasteiger partial charge in [-0.15, -0.1) is 0 Å². The molecule has 4 aromatic carbocycles. The fourth-order valence-electron chi connectivity index (χ4n) is 5.03. The molecule has 0 saturated heterocycles. The van der Waals surface area contributed by atoms with E-state index in [1.54, 1.807) is 54.6 Å². The van der Waals surface area contributed by atoms with E-state index in [4.69, 9.17) is 21.1 Å². The van der Waals surface area contributed by atoms with E-state index in [1.807, 2.05) is 44.2 Å². The molecule has 248 valence electrons. The molecule has 0 aliphatic heterocycles. The van der Waals surface area contributed by atoms with Crippen LogP contribution in [0.3, 0.4) is 0 Å². The number of methoxy groups -OCH3 is 2. The average molecular weight is 678 g/mol. The lowest BCUT2D eigenvalue weighted by Crippen LogP contribution is -2.54. The summed E-state index contributed by atoms with van der Waals surface area (Å²) in [6.45, 7) is 3.20. The van der Waals surface area contributed by atoms with Crippen molar-refractivity contribution in [2.75, 3.05) is 25.1 Å². The number of hydrogen-bond donors (Lipinski definition) is 1. The summed E-state index contributed by atoms with van der Waals surface area (Å²) in [6, 6.07) is 27.8. The maximum absolute atomic E-state index is 14.6. The number of nitrogens with zero attached hydrogens (tertiary/aromatic N) is 2. The van der Waals surface area contributed by atoms with Crippen molar-refractivity contribution >= 4 is 39.1 Å². The molecule has 0 saturated carbocycles. The number of sulfonamides is 1. The number of hydrogen-bond acceptors (Lipinski definition) is 6. The average Bonchev–Trinajstić information content (AvgIpc) is 3.09. The van der Waals surface area contributed by atoms with Gasteiger partial charge in [0.05, 0.1) is 24.8 Å². The number of amides is 2. The molecule has 0 spiro atoms. The van der Waals surface area contributed by atoms with E-state index in [0.29, 0.717) is 22.8 Å². The first-order chi connectivity index (χ1) is 22.6. The molecule has 0 heterocycles. The topological polar surface area (TPSA) is 105 Å². The number of carbonyl (C=O) groups is 2. The Hall–Kier alpha value is -4.54. The smallest absolute Gasteiger partial charge is 0.264 e. The van der Waals surface area contributed by atoms with Gasteiger partial charge in [-0.1, -0.05) is 85.3 Å². The zero-order valence-electron chi connectivity index (χ0n) is 26.9. The monoisotopic (exact) mass is 677 g/mol. The highest BCUT2D eigenvalue weighted by atomic mass is 35.5. The number of nitrogens with one attached hydrogen (secondary N) is 1. The van der Waals surface area contributed by atoms with E-state index in [0.717, 1.165) is 9.87 Å². The Morgan fingerprint density at radius 2 is 1.47 bits per heavy atom. The third kappa shape index (κ3) is 8.84. The van der Waals surface area contributed by atoms with Gasteiger partial charge >= 0.3 is 0 Å². The lowest BCUT2D eigenvalue weighted by atomic mass is 10.0. The number of halogens is 1. The van der Waals surface area contributed by atoms with Crippen LogP contribution in [0.4, 0.5) is 5.69 Å². The first-order valence-corrected chi connectivity index (χ1v) is 17.1. The van der Waals surface area contributed by atoms with E-state index >= 15 is 0 Å². The Morgan fingerprint density at radius 1 is 0.851 bits per heavy atom. The summed E-state index contributed by atoms with van der Waals surface area (Å²) in [7, 11) is -1.35. The van der Waals surface area contributed by atoms with Crippen LogP contribution in [0, 0.1) is 0 Å². The Kier molecular flexibility index (Phi) is 12.3. The van der Waals surface area contributed by atoms with Crippen molar-refractivity contribution in [2.45, 2.75) is 50.2 Å². The Balaban J connectivity index is 1.85. The maximum atomic E-state index is 14.6. The van der Waals surface area contributed by atoms with Gasteiger partial charge in [0.15, 0.2) is 11.5 Å². The minimum atomic E-state index is -4.27. The summed E-state index contributed by atoms with van der Waals surface area (Å²) < 4.78 is 40.3. The largest absolute Gasteiger partial charge is 0.493 e. The highest BCUT2D eigenvalue weighted by Crippen LogP contribution is 2.34. The molecule has 0 aliphatic rings. The van der Waals surface area contributed by atoms with Gasteiger partial charge in [0.25, 0.3) is 10.0 Å². The van der Waals surface area contributed by atoms with Crippen LogP contribution in [-0.4, -0.2) is 58.0 Å². The van der Waals surface area contributed by atoms with Crippen LogP contribution in [-0.2, 0) is 32.6 Å². The first-order valence-electron chi connectivity index (χ1n) is 15.3. The van der Waals surface area contributed by atoms with E-state index in [-0.39, 0.29) is 41.2 Å². The fourth-order valence-corrected chi connectivity index (χ4v) is 6.66. The molecular formula is C36H40ClN3O6S. The zero-order valence-corrected chi connectivity index (χ0v) is 28.5. The third-order valence-electron chi connectivity index (χ3n) is 7.84. The van der Waals surface area contributed by atoms with E-state index < -0.39 is 28.5 Å². The van der Waals surface area contributed by atoms with E-state index in [9.17, 15) is 18.0 Å². The Labute approximate surface area is 282 Å². The summed E-state index contributed by atoms with van der Waals surface area (Å²) in [5, 5.41) is 3.44. The lowest BCUT2D eigenvalue weighted by Gasteiger charge is -2.34. The van der Waals surface area contributed by atoms with Crippen LogP contribution in [0.1, 0.15) is 31.4 Å². The second-order valence-corrected chi connectivity index (χ2v) is 13.3. The molecule has 0 radical (unpaired) electrons. The molecule has 4 aromatic rings. The van der Waals surface area contributed by atoms with Gasteiger partial charge in [0, 0.05) is 30.1 Å². The van der Waals surface area contributed by atoms with Gasteiger partial charge in [-0.25, -0.2) is 8.42 Å². The maximum Gasteiger partial charge on any atom is 0.264 e. The van der Waals surface area contributed by atoms with Crippen molar-refractivity contribution in [1.29, 1.82) is 0 Å². The molecule has 11 heteroatoms. The molecule has 0 unspecified atom stereocenters. The molecule has 47 heavy (non-hydrogen) atoms. The molecule has 0 aliphatic carbocycles. The Bertz CT molecular complexity index is 1760. The summed E-state index contributed by atoms with van der Waals surface area (Å²) in [5.74, 6) is -0.273. The van der Waals surface area contributed by atoms with Crippen LogP contribution >= 0.6 is 11.6 Å². The second kappa shape index (κ2) is 16.3. The Morgan fingerprint density at radius 3 is 2.09 bits per heavy atom. The molecule has 2 atom stereocenters. The van der Waals surface area contributed by atoms with Gasteiger partial charge in [0.1, 0.15) is 12.6 Å². The van der Waals surface area contributed by atoms with Gasteiger partial charge < -0.3 is 19.7 Å². The van der Waals surface area contributed by atoms with Gasteiger partial charge in [0.2, 0.25) is 11.8 Å². The first kappa shape index (κ1) is 35.3. The van der Waals surface area contributed by atoms with Crippen LogP contribution in [0.25, 0.3) is 0 Å². The van der Waals surface area contributed by atoms with Gasteiger partial charge in [-0.3, -0.25) is 13.9 Å². The van der Waals surface area contributed by atoms with Crippen molar-refractivity contribution in [3.8, 4) is 11.5 Å². The molecule has 0 aromatic heterocycles. The van der Waals surface area contributed by atoms with Gasteiger partial charge in [-0.2, -0.15) is 0 Å². The summed E-state index contributed by atoms with van der Waals surface area (Å²) in [6.07, 6.45) is 0.881. The minimum absolute atomic E-state index is 0.00409. The van der Waals surface area contributed by atoms with Crippen LogP contribution < -0.4 is 19.1 Å². The molecule has 0 bridgehead atoms. The van der Waals surface area contributed by atoms with E-state index in [1.165, 1.54) is 37.3 Å². The molecular weight excluding hydrogens is 638 g/mol. The lowest BCUT2D eigenvalue weighted by molar-refractivity contribution is -0.140. The molecule has 4 rings (SSSR count). The van der Waals surface area contributed by atoms with Crippen LogP contribution in [0.2, 0.25) is 5.02 Å². The molecule has 1 N–H and O–H groups in total. The zero-order chi connectivity index (χ0) is 34.0. The van der Waals surface area contributed by atoms with Gasteiger partial charge in [-0.05, 0) is 54.8 Å². The van der Waals surface area contributed by atoms with Crippen molar-refractivity contribution in [1.82, 2.24) is 10.2 Å². The fraction of sp³-hybridized carbons (Fsp3) is 0.278. The quantitative estimate of drug-likeness (QED) is 0.163. The SMILES string of the molecule is CC[C@@H](C)NC(=O)[C@H](Cc1ccccc1)N(Cc1ccccc1Cl)C(=O)CN(c1ccc(OC)c(OC)c1)S(=O)(=O)c1ccccc1.